The molecule has 27 heteroatoms. The van der Waals surface area contributed by atoms with E-state index in [9.17, 15) is 72.9 Å². The molecule has 0 aliphatic rings. The summed E-state index contributed by atoms with van der Waals surface area (Å²) in [6.07, 6.45) is -10.6. The highest BCUT2D eigenvalue weighted by atomic mass is 127. The molecule has 12 rings (SSSR count). The molecule has 0 heterocycles. The van der Waals surface area contributed by atoms with E-state index in [4.69, 9.17) is 61.7 Å². The summed E-state index contributed by atoms with van der Waals surface area (Å²) in [5.41, 5.74) is 10.3. The van der Waals surface area contributed by atoms with Crippen LogP contribution in [-0.4, -0.2) is 43.4 Å². The lowest BCUT2D eigenvalue weighted by molar-refractivity contribution is -0.138. The Morgan fingerprint density at radius 1 is 0.353 bits per heavy atom. The molecule has 0 spiro atoms. The molecule has 0 aliphatic carbocycles. The first-order chi connectivity index (χ1) is 55.4. The Balaban J connectivity index is 0.000000650. The highest BCUT2D eigenvalue weighted by Gasteiger charge is 2.32. The van der Waals surface area contributed by atoms with Gasteiger partial charge < -0.3 is 25.5 Å². The normalized spacial score (nSPS) is 10.1. The van der Waals surface area contributed by atoms with Gasteiger partial charge in [-0.25, -0.2) is 23.2 Å². The lowest BCUT2D eigenvalue weighted by Crippen LogP contribution is -2.06. The molecule has 636 valence electrons. The number of carbonyl (C=O) groups is 3. The molecule has 0 radical (unpaired) electrons. The van der Waals surface area contributed by atoms with Crippen LogP contribution in [0.1, 0.15) is 128 Å². The van der Waals surface area contributed by atoms with Crippen LogP contribution >= 0.6 is 123 Å². The Bertz CT molecular complexity index is 4850. The number of rotatable bonds is 5. The fourth-order valence-corrected chi connectivity index (χ4v) is 13.5. The molecule has 8 nitrogen and oxygen atoms in total. The van der Waals surface area contributed by atoms with Crippen molar-refractivity contribution in [3.63, 3.8) is 0 Å². The maximum atomic E-state index is 12.2. The fraction of sp³-hybridized carbons (Fsp3) is 0.185. The van der Waals surface area contributed by atoms with Crippen molar-refractivity contribution in [2.75, 3.05) is 0 Å². The van der Waals surface area contributed by atoms with Crippen LogP contribution in [0.25, 0.3) is 0 Å². The third kappa shape index (κ3) is 46.2. The molecule has 12 aromatic carbocycles. The molecule has 0 saturated carbocycles. The number of hydrogen-bond donors (Lipinski definition) is 5. The molecular weight excluding hydrogens is 2000 g/mol. The number of phenols is 2. The summed E-state index contributed by atoms with van der Waals surface area (Å²) in [6.45, 7) is 22.2. The van der Waals surface area contributed by atoms with Crippen LogP contribution in [0.3, 0.4) is 0 Å². The number of carboxylic acids is 3. The largest absolute Gasteiger partial charge is 0.506 e. The average molecular weight is 2090 g/mol. The molecule has 0 saturated heterocycles. The lowest BCUT2D eigenvalue weighted by atomic mass is 10.1. The highest BCUT2D eigenvalue weighted by molar-refractivity contribution is 14.1. The van der Waals surface area contributed by atoms with E-state index in [1.165, 1.54) is 60.5 Å². The van der Waals surface area contributed by atoms with E-state index >= 15 is 0 Å². The Labute approximate surface area is 751 Å². The second kappa shape index (κ2) is 55.4. The summed E-state index contributed by atoms with van der Waals surface area (Å²) >= 11 is 33.5. The number of aromatic carboxylic acids is 3. The van der Waals surface area contributed by atoms with E-state index in [0.717, 1.165) is 114 Å². The van der Waals surface area contributed by atoms with Gasteiger partial charge in [0.05, 0.1) is 49.5 Å². The van der Waals surface area contributed by atoms with Gasteiger partial charge in [-0.05, 0) is 331 Å². The summed E-state index contributed by atoms with van der Waals surface area (Å²) in [4.78, 5) is 31.2. The van der Waals surface area contributed by atoms with Crippen molar-refractivity contribution >= 4 is 141 Å². The molecule has 0 fully saturated rings. The number of phenolic OH excluding ortho intramolecular Hbond substituents is 2. The summed E-state index contributed by atoms with van der Waals surface area (Å²) in [6, 6.07) is 68.9. The number of benzene rings is 12. The summed E-state index contributed by atoms with van der Waals surface area (Å²) in [5.74, 6) is -2.99. The van der Waals surface area contributed by atoms with Crippen LogP contribution in [0.15, 0.2) is 264 Å². The second-order valence-electron chi connectivity index (χ2n) is 25.4. The highest BCUT2D eigenvalue weighted by Crippen LogP contribution is 2.35. The SMILES string of the molecule is CCc1cccc(C(=O)O)c1.CCc1ccccc1.Cc1c(Cl)cccc1Cl.Cc1cc(Br)c(O)c(Br)c1.Cc1cc(Cl)cc(Cl)c1.Cc1cc(F)cc(F)c1.Cc1cc(I)c(O)c(I)c1.Cc1ccc(C(=O)O)cc1.Cc1ccc(C(F)(F)F)cc1.Cc1cccc(C(F)(F)F)c1.Cc1ccccc1C(=O)O.Cc1ccccc1C(F)(F)F. The van der Waals surface area contributed by atoms with E-state index in [0.29, 0.717) is 43.6 Å². The van der Waals surface area contributed by atoms with Crippen LogP contribution < -0.4 is 0 Å². The van der Waals surface area contributed by atoms with E-state index < -0.39 is 64.8 Å². The third-order valence-corrected chi connectivity index (χ3v) is 19.3. The molecule has 5 N–H and O–H groups in total. The molecule has 0 aromatic heterocycles. The van der Waals surface area contributed by atoms with Crippen molar-refractivity contribution in [3.05, 3.63) is 403 Å². The zero-order chi connectivity index (χ0) is 90.7. The molecule has 119 heavy (non-hydrogen) atoms. The molecule has 0 amide bonds. The van der Waals surface area contributed by atoms with Gasteiger partial charge in [-0.15, -0.1) is 0 Å². The zero-order valence-corrected chi connectivity index (χ0v) is 76.8. The van der Waals surface area contributed by atoms with Gasteiger partial charge in [-0.1, -0.05) is 204 Å². The molecule has 0 bridgehead atoms. The number of hydrogen-bond acceptors (Lipinski definition) is 5. The van der Waals surface area contributed by atoms with Crippen molar-refractivity contribution in [2.24, 2.45) is 0 Å². The summed E-state index contributed by atoms with van der Waals surface area (Å²) in [5, 5.41) is 47.0. The van der Waals surface area contributed by atoms with Crippen molar-refractivity contribution < 1.29 is 88.2 Å². The van der Waals surface area contributed by atoms with Gasteiger partial charge in [0.25, 0.3) is 0 Å². The van der Waals surface area contributed by atoms with E-state index in [1.807, 2.05) is 114 Å². The Morgan fingerprint density at radius 3 is 1.13 bits per heavy atom. The quantitative estimate of drug-likeness (QED) is 0.0844. The maximum absolute atomic E-state index is 12.2. The third-order valence-electron chi connectivity index (χ3n) is 15.2. The fourth-order valence-electron chi connectivity index (χ4n) is 8.95. The van der Waals surface area contributed by atoms with Crippen molar-refractivity contribution in [2.45, 2.75) is 114 Å². The summed E-state index contributed by atoms with van der Waals surface area (Å²) < 4.78 is 135. The average Bonchev–Trinajstić information content (AvgIpc) is 0.853. The molecular formula is C92H87Br2Cl4F11I2O8. The topological polar surface area (TPSA) is 152 Å². The minimum absolute atomic E-state index is 0.255. The van der Waals surface area contributed by atoms with Crippen LogP contribution in [0.5, 0.6) is 11.5 Å². The smallest absolute Gasteiger partial charge is 0.416 e. The first-order valence-corrected chi connectivity index (χ1v) is 40.6. The number of aromatic hydroxyl groups is 2. The monoisotopic (exact) mass is 2080 g/mol. The van der Waals surface area contributed by atoms with Gasteiger partial charge in [-0.2, -0.15) is 39.5 Å². The van der Waals surface area contributed by atoms with E-state index in [-0.39, 0.29) is 11.3 Å². The van der Waals surface area contributed by atoms with Gasteiger partial charge >= 0.3 is 36.4 Å². The summed E-state index contributed by atoms with van der Waals surface area (Å²) in [7, 11) is 0. The minimum atomic E-state index is -4.22. The maximum Gasteiger partial charge on any atom is 0.416 e. The van der Waals surface area contributed by atoms with Gasteiger partial charge in [-0.3, -0.25) is 0 Å². The van der Waals surface area contributed by atoms with Gasteiger partial charge in [0.2, 0.25) is 0 Å². The Hall–Kier alpha value is -8.54. The van der Waals surface area contributed by atoms with Crippen LogP contribution in [0.2, 0.25) is 20.1 Å². The minimum Gasteiger partial charge on any atom is -0.506 e. The lowest BCUT2D eigenvalue weighted by Gasteiger charge is -2.08. The van der Waals surface area contributed by atoms with Crippen molar-refractivity contribution in [3.8, 4) is 11.5 Å². The predicted octanol–water partition coefficient (Wildman–Crippen LogP) is 31.6. The molecule has 0 atom stereocenters. The van der Waals surface area contributed by atoms with Crippen LogP contribution in [-0.2, 0) is 31.4 Å². The van der Waals surface area contributed by atoms with Gasteiger partial charge in [0, 0.05) is 26.2 Å². The Morgan fingerprint density at radius 2 is 0.756 bits per heavy atom. The van der Waals surface area contributed by atoms with Crippen LogP contribution in [0, 0.1) is 88.0 Å². The number of aryl methyl sites for hydroxylation is 11. The van der Waals surface area contributed by atoms with Gasteiger partial charge in [0.15, 0.2) is 0 Å². The molecule has 0 unspecified atom stereocenters. The second-order valence-corrected chi connectivity index (χ2v) is 31.1. The predicted molar refractivity (Wildman–Crippen MR) is 483 cm³/mol. The number of carboxylic acid groups (broad SMARTS) is 3. The molecule has 12 aromatic rings. The first kappa shape index (κ1) is 108. The number of halogens is 19. The number of alkyl halides is 9. The molecule has 0 aliphatic heterocycles. The van der Waals surface area contributed by atoms with Gasteiger partial charge in [0.1, 0.15) is 23.1 Å². The first-order valence-electron chi connectivity index (χ1n) is 35.3. The zero-order valence-electron chi connectivity index (χ0n) is 66.3. The van der Waals surface area contributed by atoms with E-state index in [2.05, 4.69) is 108 Å². The standard InChI is InChI=1S/C9H10O2.3C8H7F3.2C8H8O2.C8H10.C7H6Br2O.2C7H6Cl2.C7H6F2.C7H6I2O/c1-2-7-4-3-5-8(6-7)9(10)11;1-6-2-4-7(5-3-6)8(9,10)11;1-6-3-2-4-7(5-6)8(9,10)11;1-6-4-2-3-5-7(6)8(9,10)11;1-6-2-4-7(5-3-6)8(9)10;1-6-4-2-3-5-7(6)8(9)10;1-2-8-6-4-3-5-7-8;1-4-2-5(8)7(10)6(9)3-4;1-5-2-6(8)4-7(9)3-5;1-5-6(8)3-2-4-7(5)9;1-5-2-6(8)4-7(9)3-5;1-4-2-5(8)7(10)6(9)3-4/h3-6H,2H2,1H3,(H,10,11);3*2-5H,1H3;2*2-5H,1H3,(H,9,10);3-7H,2H2,1H3;2-3,10H,1H3;3*2-4H,1H3;2-3,10H,1H3. The Kier molecular flexibility index (Phi) is 50.5. The van der Waals surface area contributed by atoms with Crippen LogP contribution in [0.4, 0.5) is 48.3 Å². The van der Waals surface area contributed by atoms with Crippen molar-refractivity contribution in [1.29, 1.82) is 0 Å². The van der Waals surface area contributed by atoms with Crippen molar-refractivity contribution in [1.82, 2.24) is 0 Å². The van der Waals surface area contributed by atoms with E-state index in [1.54, 1.807) is 107 Å².